The van der Waals surface area contributed by atoms with Crippen LogP contribution in [0, 0.1) is 29.1 Å². The number of allylic oxidation sites excluding steroid dienone is 4. The Morgan fingerprint density at radius 1 is 1.33 bits per heavy atom. The van der Waals surface area contributed by atoms with Crippen molar-refractivity contribution < 1.29 is 9.53 Å². The SMILES string of the molecule is C=CC1=C(/C=C\COC)C2CC[C@]3(C)C(C(C)=O)CCC3C2CC1. The van der Waals surface area contributed by atoms with E-state index < -0.39 is 0 Å². The third-order valence-electron chi connectivity index (χ3n) is 7.25. The van der Waals surface area contributed by atoms with Crippen LogP contribution in [0.5, 0.6) is 0 Å². The van der Waals surface area contributed by atoms with E-state index in [9.17, 15) is 4.79 Å². The number of hydrogen-bond acceptors (Lipinski definition) is 2. The number of hydrogen-bond donors (Lipinski definition) is 0. The van der Waals surface area contributed by atoms with Gasteiger partial charge in [-0.3, -0.25) is 4.79 Å². The lowest BCUT2D eigenvalue weighted by molar-refractivity contribution is -0.126. The van der Waals surface area contributed by atoms with Crippen molar-refractivity contribution in [2.45, 2.75) is 52.4 Å². The lowest BCUT2D eigenvalue weighted by atomic mass is 9.54. The summed E-state index contributed by atoms with van der Waals surface area (Å²) in [6.07, 6.45) is 13.6. The lowest BCUT2D eigenvalue weighted by Gasteiger charge is -2.50. The summed E-state index contributed by atoms with van der Waals surface area (Å²) in [5.41, 5.74) is 3.15. The Kier molecular flexibility index (Phi) is 5.15. The van der Waals surface area contributed by atoms with E-state index in [1.807, 2.05) is 0 Å². The van der Waals surface area contributed by atoms with E-state index in [0.717, 1.165) is 18.8 Å². The van der Waals surface area contributed by atoms with Gasteiger partial charge in [-0.2, -0.15) is 0 Å². The van der Waals surface area contributed by atoms with Crippen molar-refractivity contribution in [2.75, 3.05) is 13.7 Å². The summed E-state index contributed by atoms with van der Waals surface area (Å²) in [7, 11) is 1.74. The second-order valence-electron chi connectivity index (χ2n) is 8.24. The van der Waals surface area contributed by atoms with Crippen LogP contribution >= 0.6 is 0 Å². The molecule has 24 heavy (non-hydrogen) atoms. The van der Waals surface area contributed by atoms with Gasteiger partial charge in [-0.1, -0.05) is 31.7 Å². The number of carbonyl (C=O) groups is 1. The molecule has 132 valence electrons. The third-order valence-corrected chi connectivity index (χ3v) is 7.25. The van der Waals surface area contributed by atoms with Crippen LogP contribution in [0.2, 0.25) is 0 Å². The highest BCUT2D eigenvalue weighted by Gasteiger charge is 2.55. The predicted octanol–water partition coefficient (Wildman–Crippen LogP) is 5.11. The van der Waals surface area contributed by atoms with Crippen molar-refractivity contribution in [3.8, 4) is 0 Å². The predicted molar refractivity (Wildman–Crippen MR) is 98.7 cm³/mol. The van der Waals surface area contributed by atoms with Gasteiger partial charge in [0.25, 0.3) is 0 Å². The van der Waals surface area contributed by atoms with Crippen molar-refractivity contribution in [3.05, 3.63) is 36.0 Å². The Labute approximate surface area is 147 Å². The molecule has 0 aromatic heterocycles. The van der Waals surface area contributed by atoms with Gasteiger partial charge >= 0.3 is 0 Å². The Balaban J connectivity index is 1.89. The number of rotatable bonds is 5. The van der Waals surface area contributed by atoms with E-state index in [-0.39, 0.29) is 5.41 Å². The smallest absolute Gasteiger partial charge is 0.133 e. The Morgan fingerprint density at radius 3 is 2.79 bits per heavy atom. The highest BCUT2D eigenvalue weighted by atomic mass is 16.5. The number of ether oxygens (including phenoxy) is 1. The minimum Gasteiger partial charge on any atom is -0.381 e. The van der Waals surface area contributed by atoms with Gasteiger partial charge < -0.3 is 4.74 Å². The van der Waals surface area contributed by atoms with Crippen LogP contribution in [-0.2, 0) is 9.53 Å². The van der Waals surface area contributed by atoms with Crippen molar-refractivity contribution in [3.63, 3.8) is 0 Å². The Bertz CT molecular complexity index is 571. The van der Waals surface area contributed by atoms with Gasteiger partial charge in [-0.05, 0) is 79.8 Å². The second-order valence-corrected chi connectivity index (χ2v) is 8.24. The fraction of sp³-hybridized carbons (Fsp3) is 0.682. The molecule has 0 saturated heterocycles. The van der Waals surface area contributed by atoms with E-state index in [1.165, 1.54) is 36.8 Å². The van der Waals surface area contributed by atoms with E-state index >= 15 is 0 Å². The van der Waals surface area contributed by atoms with Crippen molar-refractivity contribution in [1.29, 1.82) is 0 Å². The molecular formula is C22H32O2. The molecule has 0 N–H and O–H groups in total. The first-order valence-electron chi connectivity index (χ1n) is 9.54. The highest BCUT2D eigenvalue weighted by molar-refractivity contribution is 5.79. The minimum absolute atomic E-state index is 0.236. The molecule has 0 radical (unpaired) electrons. The molecular weight excluding hydrogens is 296 g/mol. The zero-order valence-electron chi connectivity index (χ0n) is 15.5. The van der Waals surface area contributed by atoms with Gasteiger partial charge in [0.2, 0.25) is 0 Å². The number of methoxy groups -OCH3 is 1. The maximum Gasteiger partial charge on any atom is 0.133 e. The standard InChI is InChI=1S/C22H32O2/c1-5-16-8-9-19-18(17(16)7-6-14-24-4)12-13-22(3)20(15(2)23)10-11-21(19)22/h5-7,18-21H,1,8-14H2,2-4H3/b7-6-/t18?,19?,20?,21?,22-/m1/s1. The van der Waals surface area contributed by atoms with Crippen molar-refractivity contribution >= 4 is 5.78 Å². The minimum atomic E-state index is 0.236. The normalized spacial score (nSPS) is 39.0. The molecule has 0 bridgehead atoms. The van der Waals surface area contributed by atoms with Gasteiger partial charge in [0.05, 0.1) is 6.61 Å². The molecule has 3 rings (SSSR count). The van der Waals surface area contributed by atoms with Gasteiger partial charge in [0.15, 0.2) is 0 Å². The van der Waals surface area contributed by atoms with Crippen molar-refractivity contribution in [1.82, 2.24) is 0 Å². The van der Waals surface area contributed by atoms with Crippen LogP contribution in [-0.4, -0.2) is 19.5 Å². The van der Waals surface area contributed by atoms with Gasteiger partial charge in [0, 0.05) is 13.0 Å². The number of carbonyl (C=O) groups excluding carboxylic acids is 1. The molecule has 0 heterocycles. The molecule has 0 spiro atoms. The molecule has 2 saturated carbocycles. The average Bonchev–Trinajstić information content (AvgIpc) is 2.92. The summed E-state index contributed by atoms with van der Waals surface area (Å²) in [4.78, 5) is 12.2. The van der Waals surface area contributed by atoms with Crippen LogP contribution in [0.15, 0.2) is 36.0 Å². The fourth-order valence-electron chi connectivity index (χ4n) is 6.17. The average molecular weight is 328 g/mol. The zero-order valence-corrected chi connectivity index (χ0v) is 15.5. The Morgan fingerprint density at radius 2 is 2.12 bits per heavy atom. The molecule has 0 aromatic carbocycles. The summed E-state index contributed by atoms with van der Waals surface area (Å²) in [6.45, 7) is 8.92. The Hall–Kier alpha value is -1.15. The second kappa shape index (κ2) is 7.00. The molecule has 2 fully saturated rings. The van der Waals surface area contributed by atoms with Crippen LogP contribution in [0.1, 0.15) is 52.4 Å². The summed E-state index contributed by atoms with van der Waals surface area (Å²) in [6, 6.07) is 0. The molecule has 3 aliphatic carbocycles. The highest BCUT2D eigenvalue weighted by Crippen LogP contribution is 2.62. The molecule has 3 aliphatic rings. The first-order valence-corrected chi connectivity index (χ1v) is 9.54. The molecule has 0 aliphatic heterocycles. The first-order chi connectivity index (χ1) is 11.5. The van der Waals surface area contributed by atoms with E-state index in [2.05, 4.69) is 31.7 Å². The van der Waals surface area contributed by atoms with E-state index in [0.29, 0.717) is 30.1 Å². The molecule has 0 aromatic rings. The fourth-order valence-corrected chi connectivity index (χ4v) is 6.17. The quantitative estimate of drug-likeness (QED) is 0.701. The van der Waals surface area contributed by atoms with E-state index in [1.54, 1.807) is 14.0 Å². The first kappa shape index (κ1) is 17.7. The number of Topliss-reactive ketones (excluding diaryl/α,β-unsaturated/α-hetero) is 1. The molecule has 4 unspecified atom stereocenters. The van der Waals surface area contributed by atoms with Gasteiger partial charge in [0.1, 0.15) is 5.78 Å². The van der Waals surface area contributed by atoms with Gasteiger partial charge in [-0.25, -0.2) is 0 Å². The maximum absolute atomic E-state index is 12.2. The molecule has 0 amide bonds. The maximum atomic E-state index is 12.2. The van der Waals surface area contributed by atoms with Crippen LogP contribution in [0.25, 0.3) is 0 Å². The molecule has 2 heteroatoms. The summed E-state index contributed by atoms with van der Waals surface area (Å²) < 4.78 is 5.19. The third kappa shape index (κ3) is 2.83. The van der Waals surface area contributed by atoms with Gasteiger partial charge in [-0.15, -0.1) is 0 Å². The number of ketones is 1. The lowest BCUT2D eigenvalue weighted by Crippen LogP contribution is -2.44. The zero-order chi connectivity index (χ0) is 17.3. The van der Waals surface area contributed by atoms with Crippen LogP contribution < -0.4 is 0 Å². The van der Waals surface area contributed by atoms with E-state index in [4.69, 9.17) is 4.74 Å². The molecule has 2 nitrogen and oxygen atoms in total. The van der Waals surface area contributed by atoms with Crippen LogP contribution in [0.3, 0.4) is 0 Å². The largest absolute Gasteiger partial charge is 0.381 e. The number of fused-ring (bicyclic) bond motifs is 3. The molecule has 5 atom stereocenters. The monoisotopic (exact) mass is 328 g/mol. The topological polar surface area (TPSA) is 26.3 Å². The summed E-state index contributed by atoms with van der Waals surface area (Å²) in [5, 5.41) is 0. The van der Waals surface area contributed by atoms with Crippen LogP contribution in [0.4, 0.5) is 0 Å². The summed E-state index contributed by atoms with van der Waals surface area (Å²) in [5.74, 6) is 2.79. The summed E-state index contributed by atoms with van der Waals surface area (Å²) >= 11 is 0. The van der Waals surface area contributed by atoms with Crippen molar-refractivity contribution in [2.24, 2.45) is 29.1 Å².